The maximum Gasteiger partial charge on any atom is 0.261 e. The Labute approximate surface area is 168 Å². The van der Waals surface area contributed by atoms with Crippen molar-refractivity contribution in [2.75, 3.05) is 39.3 Å². The van der Waals surface area contributed by atoms with E-state index < -0.39 is 0 Å². The van der Waals surface area contributed by atoms with Gasteiger partial charge in [0.15, 0.2) is 5.82 Å². The van der Waals surface area contributed by atoms with Crippen molar-refractivity contribution in [2.24, 2.45) is 0 Å². The number of amides is 1. The SMILES string of the molecule is COCc1nc(OC)c2c(C)c(C(=O)NCCN(C)c3ccccc3)sc2n1. The Hall–Kier alpha value is -2.71. The molecular formula is C20H24N4O3S. The molecule has 0 saturated carbocycles. The number of carbonyl (C=O) groups is 1. The van der Waals surface area contributed by atoms with Gasteiger partial charge in [-0.3, -0.25) is 4.79 Å². The van der Waals surface area contributed by atoms with Gasteiger partial charge in [-0.05, 0) is 24.6 Å². The quantitative estimate of drug-likeness (QED) is 0.626. The van der Waals surface area contributed by atoms with Crippen molar-refractivity contribution in [1.82, 2.24) is 15.3 Å². The average Bonchev–Trinajstić information content (AvgIpc) is 3.04. The Balaban J connectivity index is 1.73. The summed E-state index contributed by atoms with van der Waals surface area (Å²) in [5.41, 5.74) is 1.94. The average molecular weight is 401 g/mol. The van der Waals surface area contributed by atoms with Gasteiger partial charge in [-0.25, -0.2) is 4.98 Å². The van der Waals surface area contributed by atoms with Crippen LogP contribution in [0.5, 0.6) is 5.88 Å². The van der Waals surface area contributed by atoms with Crippen LogP contribution in [-0.4, -0.2) is 50.2 Å². The van der Waals surface area contributed by atoms with E-state index >= 15 is 0 Å². The molecule has 0 aliphatic heterocycles. The third-order valence-corrected chi connectivity index (χ3v) is 5.59. The molecule has 0 spiro atoms. The second-order valence-electron chi connectivity index (χ2n) is 6.33. The summed E-state index contributed by atoms with van der Waals surface area (Å²) in [6, 6.07) is 10.1. The number of methoxy groups -OCH3 is 2. The first-order valence-electron chi connectivity index (χ1n) is 8.92. The van der Waals surface area contributed by atoms with Gasteiger partial charge in [-0.2, -0.15) is 4.98 Å². The van der Waals surface area contributed by atoms with Gasteiger partial charge in [-0.15, -0.1) is 11.3 Å². The van der Waals surface area contributed by atoms with Crippen LogP contribution in [0.2, 0.25) is 0 Å². The lowest BCUT2D eigenvalue weighted by molar-refractivity contribution is 0.0958. The maximum absolute atomic E-state index is 12.7. The monoisotopic (exact) mass is 400 g/mol. The molecular weight excluding hydrogens is 376 g/mol. The van der Waals surface area contributed by atoms with E-state index in [1.807, 2.05) is 44.3 Å². The van der Waals surface area contributed by atoms with Gasteiger partial charge in [0.05, 0.1) is 17.4 Å². The van der Waals surface area contributed by atoms with Gasteiger partial charge in [0.2, 0.25) is 5.88 Å². The molecule has 1 amide bonds. The van der Waals surface area contributed by atoms with Crippen molar-refractivity contribution in [2.45, 2.75) is 13.5 Å². The molecule has 0 fully saturated rings. The standard InChI is InChI=1S/C20H24N4O3S/c1-13-16-19(27-4)22-15(12-26-3)23-20(16)28-17(13)18(25)21-10-11-24(2)14-8-6-5-7-9-14/h5-9H,10-12H2,1-4H3,(H,21,25). The lowest BCUT2D eigenvalue weighted by Gasteiger charge is -2.19. The van der Waals surface area contributed by atoms with Crippen molar-refractivity contribution < 1.29 is 14.3 Å². The van der Waals surface area contributed by atoms with Crippen LogP contribution < -0.4 is 15.0 Å². The van der Waals surface area contributed by atoms with Gasteiger partial charge in [0.1, 0.15) is 11.4 Å². The third-order valence-electron chi connectivity index (χ3n) is 4.41. The minimum absolute atomic E-state index is 0.114. The highest BCUT2D eigenvalue weighted by atomic mass is 32.1. The van der Waals surface area contributed by atoms with Crippen LogP contribution in [0.4, 0.5) is 5.69 Å². The summed E-state index contributed by atoms with van der Waals surface area (Å²) in [6.07, 6.45) is 0. The van der Waals surface area contributed by atoms with E-state index in [-0.39, 0.29) is 12.5 Å². The molecule has 0 aliphatic carbocycles. The third kappa shape index (κ3) is 4.23. The highest BCUT2D eigenvalue weighted by Gasteiger charge is 2.21. The molecule has 28 heavy (non-hydrogen) atoms. The number of nitrogens with one attached hydrogen (secondary N) is 1. The molecule has 3 aromatic rings. The molecule has 1 N–H and O–H groups in total. The molecule has 3 rings (SSSR count). The summed E-state index contributed by atoms with van der Waals surface area (Å²) in [7, 11) is 5.16. The minimum atomic E-state index is -0.114. The number of carbonyl (C=O) groups excluding carboxylic acids is 1. The smallest absolute Gasteiger partial charge is 0.261 e. The summed E-state index contributed by atoms with van der Waals surface area (Å²) in [5, 5.41) is 3.77. The Morgan fingerprint density at radius 2 is 1.96 bits per heavy atom. The Morgan fingerprint density at radius 1 is 1.21 bits per heavy atom. The highest BCUT2D eigenvalue weighted by molar-refractivity contribution is 7.20. The first-order valence-corrected chi connectivity index (χ1v) is 9.74. The molecule has 8 heteroatoms. The fourth-order valence-electron chi connectivity index (χ4n) is 2.93. The fourth-order valence-corrected chi connectivity index (χ4v) is 4.04. The number of hydrogen-bond donors (Lipinski definition) is 1. The maximum atomic E-state index is 12.7. The number of nitrogens with zero attached hydrogens (tertiary/aromatic N) is 3. The molecule has 0 atom stereocenters. The number of ether oxygens (including phenoxy) is 2. The summed E-state index contributed by atoms with van der Waals surface area (Å²) in [6.45, 7) is 3.43. The second-order valence-corrected chi connectivity index (χ2v) is 7.33. The predicted octanol–water partition coefficient (Wildman–Crippen LogP) is 3.02. The normalized spacial score (nSPS) is 10.9. The molecule has 1 aromatic carbocycles. The van der Waals surface area contributed by atoms with Crippen LogP contribution in [0.25, 0.3) is 10.2 Å². The van der Waals surface area contributed by atoms with E-state index in [9.17, 15) is 4.79 Å². The summed E-state index contributed by atoms with van der Waals surface area (Å²) < 4.78 is 10.5. The number of fused-ring (bicyclic) bond motifs is 1. The summed E-state index contributed by atoms with van der Waals surface area (Å²) >= 11 is 1.34. The zero-order chi connectivity index (χ0) is 20.1. The second kappa shape index (κ2) is 8.99. The zero-order valence-corrected chi connectivity index (χ0v) is 17.3. The predicted molar refractivity (Wildman–Crippen MR) is 111 cm³/mol. The van der Waals surface area contributed by atoms with E-state index in [2.05, 4.69) is 20.2 Å². The van der Waals surface area contributed by atoms with Crippen LogP contribution in [0, 0.1) is 6.92 Å². The van der Waals surface area contributed by atoms with E-state index in [0.717, 1.165) is 21.5 Å². The Morgan fingerprint density at radius 3 is 2.64 bits per heavy atom. The van der Waals surface area contributed by atoms with Crippen LogP contribution in [-0.2, 0) is 11.3 Å². The van der Waals surface area contributed by atoms with Gasteiger partial charge in [0.25, 0.3) is 5.91 Å². The van der Waals surface area contributed by atoms with E-state index in [1.54, 1.807) is 14.2 Å². The number of aromatic nitrogens is 2. The first-order chi connectivity index (χ1) is 13.5. The zero-order valence-electron chi connectivity index (χ0n) is 16.5. The lowest BCUT2D eigenvalue weighted by atomic mass is 10.2. The largest absolute Gasteiger partial charge is 0.480 e. The molecule has 0 radical (unpaired) electrons. The molecule has 0 saturated heterocycles. The number of aryl methyl sites for hydroxylation is 1. The van der Waals surface area contributed by atoms with Gasteiger partial charge < -0.3 is 19.7 Å². The van der Waals surface area contributed by atoms with Crippen molar-refractivity contribution in [3.05, 3.63) is 46.6 Å². The van der Waals surface area contributed by atoms with Crippen LogP contribution >= 0.6 is 11.3 Å². The topological polar surface area (TPSA) is 76.6 Å². The van der Waals surface area contributed by atoms with Gasteiger partial charge in [0, 0.05) is 32.9 Å². The number of benzene rings is 1. The van der Waals surface area contributed by atoms with E-state index in [1.165, 1.54) is 11.3 Å². The lowest BCUT2D eigenvalue weighted by Crippen LogP contribution is -2.32. The number of likely N-dealkylation sites (N-methyl/N-ethyl adjacent to an activating group) is 1. The molecule has 2 aromatic heterocycles. The van der Waals surface area contributed by atoms with Crippen LogP contribution in [0.15, 0.2) is 30.3 Å². The summed E-state index contributed by atoms with van der Waals surface area (Å²) in [5.74, 6) is 0.885. The van der Waals surface area contributed by atoms with Gasteiger partial charge >= 0.3 is 0 Å². The number of thiophene rings is 1. The number of anilines is 1. The van der Waals surface area contributed by atoms with Crippen molar-refractivity contribution >= 4 is 33.1 Å². The van der Waals surface area contributed by atoms with E-state index in [4.69, 9.17) is 9.47 Å². The fraction of sp³-hybridized carbons (Fsp3) is 0.350. The van der Waals surface area contributed by atoms with Gasteiger partial charge in [-0.1, -0.05) is 18.2 Å². The van der Waals surface area contributed by atoms with Crippen LogP contribution in [0.3, 0.4) is 0 Å². The molecule has 148 valence electrons. The van der Waals surface area contributed by atoms with Crippen molar-refractivity contribution in [3.63, 3.8) is 0 Å². The number of hydrogen-bond acceptors (Lipinski definition) is 7. The molecule has 0 bridgehead atoms. The summed E-state index contributed by atoms with van der Waals surface area (Å²) in [4.78, 5) is 25.1. The Bertz CT molecular complexity index is 959. The van der Waals surface area contributed by atoms with Crippen molar-refractivity contribution in [3.8, 4) is 5.88 Å². The minimum Gasteiger partial charge on any atom is -0.480 e. The number of para-hydroxylation sites is 1. The first kappa shape index (κ1) is 20.0. The van der Waals surface area contributed by atoms with Crippen LogP contribution in [0.1, 0.15) is 21.1 Å². The van der Waals surface area contributed by atoms with Crippen molar-refractivity contribution in [1.29, 1.82) is 0 Å². The molecule has 0 unspecified atom stereocenters. The molecule has 0 aliphatic rings. The number of rotatable bonds is 8. The Kier molecular flexibility index (Phi) is 6.43. The molecule has 2 heterocycles. The van der Waals surface area contributed by atoms with E-state index in [0.29, 0.717) is 29.7 Å². The molecule has 7 nitrogen and oxygen atoms in total. The highest BCUT2D eigenvalue weighted by Crippen LogP contribution is 2.35.